The molecule has 0 radical (unpaired) electrons. The summed E-state index contributed by atoms with van der Waals surface area (Å²) < 4.78 is 10.6. The molecule has 0 saturated carbocycles. The highest BCUT2D eigenvalue weighted by Gasteiger charge is 2.30. The Kier molecular flexibility index (Phi) is 4.67. The highest BCUT2D eigenvalue weighted by molar-refractivity contribution is 5.74. The number of urea groups is 1. The van der Waals surface area contributed by atoms with Gasteiger partial charge in [-0.3, -0.25) is 0 Å². The number of furan rings is 1. The van der Waals surface area contributed by atoms with Gasteiger partial charge in [-0.05, 0) is 26.0 Å². The summed E-state index contributed by atoms with van der Waals surface area (Å²) in [7, 11) is 0. The van der Waals surface area contributed by atoms with Crippen LogP contribution in [0.3, 0.4) is 0 Å². The highest BCUT2D eigenvalue weighted by Crippen LogP contribution is 2.19. The molecule has 6 heteroatoms. The SMILES string of the molecule is Cc1ccc(C(C)NC(=O)NCC2(O)CCOCC2)o1. The van der Waals surface area contributed by atoms with E-state index in [1.54, 1.807) is 0 Å². The van der Waals surface area contributed by atoms with Gasteiger partial charge in [-0.15, -0.1) is 0 Å². The third-order valence-corrected chi connectivity index (χ3v) is 3.54. The fourth-order valence-electron chi connectivity index (χ4n) is 2.18. The van der Waals surface area contributed by atoms with Crippen LogP contribution < -0.4 is 10.6 Å². The summed E-state index contributed by atoms with van der Waals surface area (Å²) in [6.07, 6.45) is 1.08. The molecule has 0 bridgehead atoms. The van der Waals surface area contributed by atoms with Crippen molar-refractivity contribution in [3.8, 4) is 0 Å². The molecule has 1 unspecified atom stereocenters. The minimum atomic E-state index is -0.861. The number of hydrogen-bond acceptors (Lipinski definition) is 4. The second-order valence-corrected chi connectivity index (χ2v) is 5.33. The Hall–Kier alpha value is -1.53. The van der Waals surface area contributed by atoms with Crippen LogP contribution in [0.4, 0.5) is 4.79 Å². The van der Waals surface area contributed by atoms with Crippen molar-refractivity contribution >= 4 is 6.03 Å². The Bertz CT molecular complexity index is 452. The van der Waals surface area contributed by atoms with Crippen molar-refractivity contribution in [3.63, 3.8) is 0 Å². The van der Waals surface area contributed by atoms with Crippen LogP contribution >= 0.6 is 0 Å². The van der Waals surface area contributed by atoms with E-state index in [-0.39, 0.29) is 18.6 Å². The summed E-state index contributed by atoms with van der Waals surface area (Å²) in [5, 5.41) is 15.7. The van der Waals surface area contributed by atoms with Crippen molar-refractivity contribution in [3.05, 3.63) is 23.7 Å². The zero-order valence-electron chi connectivity index (χ0n) is 11.9. The fourth-order valence-corrected chi connectivity index (χ4v) is 2.18. The summed E-state index contributed by atoms with van der Waals surface area (Å²) in [6.45, 7) is 4.99. The third kappa shape index (κ3) is 3.98. The second kappa shape index (κ2) is 6.28. The molecule has 0 aliphatic carbocycles. The van der Waals surface area contributed by atoms with Crippen molar-refractivity contribution in [1.82, 2.24) is 10.6 Å². The highest BCUT2D eigenvalue weighted by atomic mass is 16.5. The molecule has 20 heavy (non-hydrogen) atoms. The van der Waals surface area contributed by atoms with Crippen LogP contribution in [0.25, 0.3) is 0 Å². The number of carbonyl (C=O) groups is 1. The number of aliphatic hydroxyl groups is 1. The molecule has 1 aromatic rings. The van der Waals surface area contributed by atoms with Gasteiger partial charge < -0.3 is 24.9 Å². The van der Waals surface area contributed by atoms with E-state index < -0.39 is 5.60 Å². The van der Waals surface area contributed by atoms with Crippen LogP contribution in [-0.2, 0) is 4.74 Å². The maximum atomic E-state index is 11.8. The van der Waals surface area contributed by atoms with E-state index in [1.165, 1.54) is 0 Å². The lowest BCUT2D eigenvalue weighted by molar-refractivity contribution is -0.0600. The summed E-state index contributed by atoms with van der Waals surface area (Å²) in [6, 6.07) is 3.17. The maximum Gasteiger partial charge on any atom is 0.315 e. The Labute approximate surface area is 118 Å². The number of aryl methyl sites for hydroxylation is 1. The standard InChI is InChI=1S/C14H22N2O4/c1-10-3-4-12(20-10)11(2)16-13(17)15-9-14(18)5-7-19-8-6-14/h3-4,11,18H,5-9H2,1-2H3,(H2,15,16,17). The molecule has 1 aromatic heterocycles. The van der Waals surface area contributed by atoms with Gasteiger partial charge in [0.15, 0.2) is 0 Å². The van der Waals surface area contributed by atoms with Crippen molar-refractivity contribution < 1.29 is 19.1 Å². The molecule has 3 N–H and O–H groups in total. The Morgan fingerprint density at radius 1 is 1.45 bits per heavy atom. The van der Waals surface area contributed by atoms with E-state index in [1.807, 2.05) is 26.0 Å². The summed E-state index contributed by atoms with van der Waals surface area (Å²) in [4.78, 5) is 11.8. The second-order valence-electron chi connectivity index (χ2n) is 5.33. The average Bonchev–Trinajstić information content (AvgIpc) is 2.84. The number of rotatable bonds is 4. The summed E-state index contributed by atoms with van der Waals surface area (Å²) in [5.74, 6) is 1.52. The van der Waals surface area contributed by atoms with E-state index in [2.05, 4.69) is 10.6 Å². The first kappa shape index (κ1) is 14.9. The lowest BCUT2D eigenvalue weighted by Gasteiger charge is -2.32. The molecule has 1 aliphatic heterocycles. The minimum absolute atomic E-state index is 0.215. The van der Waals surface area contributed by atoms with Gasteiger partial charge in [0.1, 0.15) is 11.5 Å². The Morgan fingerprint density at radius 2 is 2.15 bits per heavy atom. The van der Waals surface area contributed by atoms with Gasteiger partial charge in [-0.1, -0.05) is 0 Å². The van der Waals surface area contributed by atoms with E-state index in [4.69, 9.17) is 9.15 Å². The molecule has 0 aromatic carbocycles. The maximum absolute atomic E-state index is 11.8. The van der Waals surface area contributed by atoms with Crippen molar-refractivity contribution in [1.29, 1.82) is 0 Å². The summed E-state index contributed by atoms with van der Waals surface area (Å²) >= 11 is 0. The van der Waals surface area contributed by atoms with Crippen LogP contribution in [0.15, 0.2) is 16.5 Å². The first-order valence-corrected chi connectivity index (χ1v) is 6.89. The molecule has 0 spiro atoms. The molecule has 2 amide bonds. The van der Waals surface area contributed by atoms with Crippen molar-refractivity contribution in [2.45, 2.75) is 38.3 Å². The quantitative estimate of drug-likeness (QED) is 0.781. The minimum Gasteiger partial charge on any atom is -0.464 e. The number of amides is 2. The molecule has 112 valence electrons. The van der Waals surface area contributed by atoms with Crippen molar-refractivity contribution in [2.75, 3.05) is 19.8 Å². The van der Waals surface area contributed by atoms with E-state index >= 15 is 0 Å². The Morgan fingerprint density at radius 3 is 2.75 bits per heavy atom. The molecule has 1 saturated heterocycles. The normalized spacial score (nSPS) is 19.4. The smallest absolute Gasteiger partial charge is 0.315 e. The molecular formula is C14H22N2O4. The first-order chi connectivity index (χ1) is 9.48. The molecule has 6 nitrogen and oxygen atoms in total. The zero-order valence-corrected chi connectivity index (χ0v) is 11.9. The molecular weight excluding hydrogens is 260 g/mol. The Balaban J connectivity index is 1.77. The largest absolute Gasteiger partial charge is 0.464 e. The molecule has 1 aliphatic rings. The number of hydrogen-bond donors (Lipinski definition) is 3. The lowest BCUT2D eigenvalue weighted by Crippen LogP contribution is -2.49. The van der Waals surface area contributed by atoms with Crippen LogP contribution in [0, 0.1) is 6.92 Å². The molecule has 2 heterocycles. The lowest BCUT2D eigenvalue weighted by atomic mass is 9.94. The van der Waals surface area contributed by atoms with Gasteiger partial charge in [0, 0.05) is 32.6 Å². The third-order valence-electron chi connectivity index (χ3n) is 3.54. The monoisotopic (exact) mass is 282 g/mol. The first-order valence-electron chi connectivity index (χ1n) is 6.89. The van der Waals surface area contributed by atoms with Gasteiger partial charge in [-0.25, -0.2) is 4.79 Å². The van der Waals surface area contributed by atoms with E-state index in [0.29, 0.717) is 31.8 Å². The van der Waals surface area contributed by atoms with Crippen LogP contribution in [0.1, 0.15) is 37.3 Å². The van der Waals surface area contributed by atoms with Gasteiger partial charge in [-0.2, -0.15) is 0 Å². The topological polar surface area (TPSA) is 83.7 Å². The van der Waals surface area contributed by atoms with E-state index in [0.717, 1.165) is 5.76 Å². The fraction of sp³-hybridized carbons (Fsp3) is 0.643. The van der Waals surface area contributed by atoms with Crippen molar-refractivity contribution in [2.24, 2.45) is 0 Å². The van der Waals surface area contributed by atoms with Gasteiger partial charge in [0.25, 0.3) is 0 Å². The number of nitrogens with one attached hydrogen (secondary N) is 2. The summed E-state index contributed by atoms with van der Waals surface area (Å²) in [5.41, 5.74) is -0.861. The zero-order chi connectivity index (χ0) is 14.6. The van der Waals surface area contributed by atoms with Crippen LogP contribution in [0.2, 0.25) is 0 Å². The molecule has 2 rings (SSSR count). The molecule has 1 atom stereocenters. The van der Waals surface area contributed by atoms with Crippen LogP contribution in [0.5, 0.6) is 0 Å². The average molecular weight is 282 g/mol. The predicted molar refractivity (Wildman–Crippen MR) is 73.4 cm³/mol. The number of ether oxygens (including phenoxy) is 1. The van der Waals surface area contributed by atoms with E-state index in [9.17, 15) is 9.90 Å². The van der Waals surface area contributed by atoms with Gasteiger partial charge in [0.2, 0.25) is 0 Å². The predicted octanol–water partition coefficient (Wildman–Crippen LogP) is 1.49. The van der Waals surface area contributed by atoms with Gasteiger partial charge >= 0.3 is 6.03 Å². The van der Waals surface area contributed by atoms with Gasteiger partial charge in [0.05, 0.1) is 11.6 Å². The number of carbonyl (C=O) groups excluding carboxylic acids is 1. The molecule has 1 fully saturated rings. The van der Waals surface area contributed by atoms with Crippen LogP contribution in [-0.4, -0.2) is 36.5 Å².